The van der Waals surface area contributed by atoms with E-state index in [1.807, 2.05) is 0 Å². The highest BCUT2D eigenvalue weighted by Gasteiger charge is 2.44. The number of non-ortho nitro benzene ring substituents is 1. The molecule has 2 aliphatic heterocycles. The van der Waals surface area contributed by atoms with Gasteiger partial charge in [0, 0.05) is 12.1 Å². The minimum atomic E-state index is -1.21. The van der Waals surface area contributed by atoms with Crippen molar-refractivity contribution < 1.29 is 23.9 Å². The standard InChI is InChI=1S/C12H11N3O6/c1-19-11(16)14-9-5-7(15(17)18)4-8-10(9)13-6-12(8)20-2-3-21-12/h4-6H,2-3H2,1H3,(H,14,16). The first kappa shape index (κ1) is 13.5. The number of methoxy groups -OCH3 is 1. The first-order valence-corrected chi connectivity index (χ1v) is 6.07. The molecule has 9 heteroatoms. The number of nitro groups is 1. The van der Waals surface area contributed by atoms with Crippen molar-refractivity contribution in [2.75, 3.05) is 25.6 Å². The molecule has 0 unspecified atom stereocenters. The molecule has 1 aromatic rings. The van der Waals surface area contributed by atoms with Crippen LogP contribution in [-0.4, -0.2) is 37.6 Å². The molecule has 9 nitrogen and oxygen atoms in total. The zero-order chi connectivity index (χ0) is 15.0. The number of nitro benzene ring substituents is 1. The highest BCUT2D eigenvalue weighted by Crippen LogP contribution is 2.46. The molecule has 2 aliphatic rings. The number of carbonyl (C=O) groups excluding carboxylic acids is 1. The minimum Gasteiger partial charge on any atom is -0.453 e. The van der Waals surface area contributed by atoms with Crippen LogP contribution in [0.3, 0.4) is 0 Å². The lowest BCUT2D eigenvalue weighted by Crippen LogP contribution is -2.26. The fourth-order valence-corrected chi connectivity index (χ4v) is 2.26. The number of ether oxygens (including phenoxy) is 3. The van der Waals surface area contributed by atoms with Crippen molar-refractivity contribution >= 4 is 29.4 Å². The van der Waals surface area contributed by atoms with E-state index in [0.717, 1.165) is 0 Å². The van der Waals surface area contributed by atoms with Crippen LogP contribution in [0.25, 0.3) is 0 Å². The molecule has 0 bridgehead atoms. The second-order valence-electron chi connectivity index (χ2n) is 4.39. The molecule has 3 rings (SSSR count). The third-order valence-corrected chi connectivity index (χ3v) is 3.18. The van der Waals surface area contributed by atoms with Gasteiger partial charge in [-0.2, -0.15) is 0 Å². The summed E-state index contributed by atoms with van der Waals surface area (Å²) in [6.07, 6.45) is 0.679. The van der Waals surface area contributed by atoms with Crippen LogP contribution in [0.15, 0.2) is 17.1 Å². The zero-order valence-electron chi connectivity index (χ0n) is 11.0. The summed E-state index contributed by atoms with van der Waals surface area (Å²) in [5.41, 5.74) is 0.705. The number of hydrogen-bond donors (Lipinski definition) is 1. The number of hydrogen-bond acceptors (Lipinski definition) is 7. The molecule has 0 radical (unpaired) electrons. The largest absolute Gasteiger partial charge is 0.453 e. The van der Waals surface area contributed by atoms with Crippen LogP contribution in [0.1, 0.15) is 5.56 Å². The van der Waals surface area contributed by atoms with E-state index >= 15 is 0 Å². The summed E-state index contributed by atoms with van der Waals surface area (Å²) in [6, 6.07) is 2.54. The summed E-state index contributed by atoms with van der Waals surface area (Å²) >= 11 is 0. The molecule has 1 saturated heterocycles. The maximum atomic E-state index is 11.4. The Balaban J connectivity index is 2.11. The van der Waals surface area contributed by atoms with Gasteiger partial charge in [-0.05, 0) is 0 Å². The van der Waals surface area contributed by atoms with Crippen LogP contribution in [-0.2, 0) is 20.0 Å². The molecule has 0 aliphatic carbocycles. The summed E-state index contributed by atoms with van der Waals surface area (Å²) in [5.74, 6) is -1.21. The SMILES string of the molecule is COC(=O)Nc1cc([N+](=O)[O-])cc2c1N=CC21OCCO1. The quantitative estimate of drug-likeness (QED) is 0.655. The van der Waals surface area contributed by atoms with E-state index in [1.165, 1.54) is 25.5 Å². The molecular formula is C12H11N3O6. The van der Waals surface area contributed by atoms with Crippen LogP contribution >= 0.6 is 0 Å². The Morgan fingerprint density at radius 2 is 2.19 bits per heavy atom. The number of rotatable bonds is 2. The van der Waals surface area contributed by atoms with E-state index in [1.54, 1.807) is 0 Å². The molecule has 0 saturated carbocycles. The Hall–Kier alpha value is -2.52. The first-order valence-electron chi connectivity index (χ1n) is 6.07. The maximum absolute atomic E-state index is 11.4. The summed E-state index contributed by atoms with van der Waals surface area (Å²) in [4.78, 5) is 26.0. The normalized spacial score (nSPS) is 17.8. The van der Waals surface area contributed by atoms with Crippen molar-refractivity contribution in [1.82, 2.24) is 0 Å². The topological polar surface area (TPSA) is 112 Å². The predicted octanol–water partition coefficient (Wildman–Crippen LogP) is 1.69. The first-order chi connectivity index (χ1) is 10.1. The van der Waals surface area contributed by atoms with Crippen molar-refractivity contribution in [1.29, 1.82) is 0 Å². The summed E-state index contributed by atoms with van der Waals surface area (Å²) < 4.78 is 15.5. The highest BCUT2D eigenvalue weighted by molar-refractivity contribution is 5.95. The lowest BCUT2D eigenvalue weighted by Gasteiger charge is -2.20. The van der Waals surface area contributed by atoms with Crippen molar-refractivity contribution in [2.24, 2.45) is 4.99 Å². The lowest BCUT2D eigenvalue weighted by atomic mass is 10.0. The summed E-state index contributed by atoms with van der Waals surface area (Å²) in [6.45, 7) is 0.710. The zero-order valence-corrected chi connectivity index (χ0v) is 11.0. The van der Waals surface area contributed by atoms with Gasteiger partial charge in [-0.15, -0.1) is 0 Å². The van der Waals surface area contributed by atoms with Gasteiger partial charge in [0.1, 0.15) is 0 Å². The molecule has 1 fully saturated rings. The number of nitrogens with zero attached hydrogens (tertiary/aromatic N) is 2. The minimum absolute atomic E-state index is 0.165. The Kier molecular flexibility index (Phi) is 3.07. The Labute approximate surface area is 118 Å². The predicted molar refractivity (Wildman–Crippen MR) is 70.9 cm³/mol. The van der Waals surface area contributed by atoms with Crippen LogP contribution in [0.4, 0.5) is 21.9 Å². The van der Waals surface area contributed by atoms with Gasteiger partial charge >= 0.3 is 6.09 Å². The highest BCUT2D eigenvalue weighted by atomic mass is 16.7. The van der Waals surface area contributed by atoms with Gasteiger partial charge in [-0.3, -0.25) is 20.4 Å². The number of aliphatic imine (C=N–C) groups is 1. The fourth-order valence-electron chi connectivity index (χ4n) is 2.26. The molecule has 1 aromatic carbocycles. The van der Waals surface area contributed by atoms with Crippen molar-refractivity contribution in [3.8, 4) is 0 Å². The number of benzene rings is 1. The number of nitrogens with one attached hydrogen (secondary N) is 1. The molecule has 110 valence electrons. The second-order valence-corrected chi connectivity index (χ2v) is 4.39. The molecule has 0 aromatic heterocycles. The van der Waals surface area contributed by atoms with Crippen molar-refractivity contribution in [3.63, 3.8) is 0 Å². The fraction of sp³-hybridized carbons (Fsp3) is 0.333. The number of amides is 1. The molecule has 2 heterocycles. The number of fused-ring (bicyclic) bond motifs is 2. The van der Waals surface area contributed by atoms with Gasteiger partial charge in [-0.1, -0.05) is 0 Å². The van der Waals surface area contributed by atoms with Gasteiger partial charge in [-0.25, -0.2) is 4.79 Å². The molecule has 1 amide bonds. The van der Waals surface area contributed by atoms with Crippen molar-refractivity contribution in [2.45, 2.75) is 5.79 Å². The molecule has 0 atom stereocenters. The van der Waals surface area contributed by atoms with Crippen molar-refractivity contribution in [3.05, 3.63) is 27.8 Å². The molecule has 1 spiro atoms. The smallest absolute Gasteiger partial charge is 0.411 e. The Bertz CT molecular complexity index is 651. The lowest BCUT2D eigenvalue weighted by molar-refractivity contribution is -0.385. The average Bonchev–Trinajstić information content (AvgIpc) is 3.08. The summed E-state index contributed by atoms with van der Waals surface area (Å²) in [7, 11) is 1.20. The second kappa shape index (κ2) is 4.79. The van der Waals surface area contributed by atoms with Gasteiger partial charge < -0.3 is 14.2 Å². The maximum Gasteiger partial charge on any atom is 0.411 e. The molecule has 21 heavy (non-hydrogen) atoms. The average molecular weight is 293 g/mol. The van der Waals surface area contributed by atoms with E-state index in [2.05, 4.69) is 15.0 Å². The Morgan fingerprint density at radius 1 is 1.48 bits per heavy atom. The van der Waals surface area contributed by atoms with Gasteiger partial charge in [0.15, 0.2) is 0 Å². The third-order valence-electron chi connectivity index (χ3n) is 3.18. The number of anilines is 1. The Morgan fingerprint density at radius 3 is 2.81 bits per heavy atom. The van der Waals surface area contributed by atoms with E-state index in [4.69, 9.17) is 9.47 Å². The number of carbonyl (C=O) groups is 1. The van der Waals surface area contributed by atoms with Crippen LogP contribution < -0.4 is 5.32 Å². The van der Waals surface area contributed by atoms with Crippen LogP contribution in [0.2, 0.25) is 0 Å². The van der Waals surface area contributed by atoms with E-state index in [9.17, 15) is 14.9 Å². The van der Waals surface area contributed by atoms with Crippen LogP contribution in [0, 0.1) is 10.1 Å². The van der Waals surface area contributed by atoms with E-state index in [-0.39, 0.29) is 11.4 Å². The van der Waals surface area contributed by atoms with E-state index in [0.29, 0.717) is 24.5 Å². The van der Waals surface area contributed by atoms with Gasteiger partial charge in [0.25, 0.3) is 5.69 Å². The van der Waals surface area contributed by atoms with Gasteiger partial charge in [0.2, 0.25) is 5.79 Å². The third kappa shape index (κ3) is 2.12. The van der Waals surface area contributed by atoms with E-state index < -0.39 is 16.8 Å². The summed E-state index contributed by atoms with van der Waals surface area (Å²) in [5, 5.41) is 13.5. The molecular weight excluding hydrogens is 282 g/mol. The van der Waals surface area contributed by atoms with Gasteiger partial charge in [0.05, 0.1) is 48.4 Å². The monoisotopic (exact) mass is 293 g/mol. The van der Waals surface area contributed by atoms with Crippen LogP contribution in [0.5, 0.6) is 0 Å². The molecule has 1 N–H and O–H groups in total.